The van der Waals surface area contributed by atoms with Crippen molar-refractivity contribution in [3.8, 4) is 0 Å². The van der Waals surface area contributed by atoms with E-state index in [1.807, 2.05) is 21.7 Å². The minimum absolute atomic E-state index is 0.180. The molecule has 0 aromatic carbocycles. The zero-order valence-electron chi connectivity index (χ0n) is 11.7. The molecule has 1 aromatic rings. The van der Waals surface area contributed by atoms with Gasteiger partial charge in [-0.1, -0.05) is 0 Å². The van der Waals surface area contributed by atoms with Crippen molar-refractivity contribution >= 4 is 23.2 Å². The number of nitrogens with zero attached hydrogens (tertiary/aromatic N) is 2. The number of hydrogen-bond donors (Lipinski definition) is 0. The second-order valence-electron chi connectivity index (χ2n) is 4.86. The van der Waals surface area contributed by atoms with Crippen LogP contribution in [0.15, 0.2) is 16.8 Å². The molecule has 0 aliphatic carbocycles. The predicted octanol–water partition coefficient (Wildman–Crippen LogP) is 0.998. The standard InChI is InChI=1S/C14H20N2O3S/c1-19-14(18)2-4-15-5-7-16(8-6-15)13(17)10-12-3-9-20-11-12/h3,9,11H,2,4-8,10H2,1H3. The molecule has 2 rings (SSSR count). The van der Waals surface area contributed by atoms with Crippen molar-refractivity contribution in [2.45, 2.75) is 12.8 Å². The largest absolute Gasteiger partial charge is 0.469 e. The third-order valence-electron chi connectivity index (χ3n) is 3.52. The Morgan fingerprint density at radius 1 is 1.30 bits per heavy atom. The van der Waals surface area contributed by atoms with Gasteiger partial charge in [-0.05, 0) is 22.4 Å². The summed E-state index contributed by atoms with van der Waals surface area (Å²) in [6.07, 6.45) is 0.908. The summed E-state index contributed by atoms with van der Waals surface area (Å²) in [6, 6.07) is 2.00. The van der Waals surface area contributed by atoms with E-state index in [1.54, 1.807) is 11.3 Å². The monoisotopic (exact) mass is 296 g/mol. The van der Waals surface area contributed by atoms with E-state index in [-0.39, 0.29) is 11.9 Å². The Morgan fingerprint density at radius 3 is 2.65 bits per heavy atom. The van der Waals surface area contributed by atoms with E-state index in [1.165, 1.54) is 7.11 Å². The molecule has 1 aliphatic heterocycles. The van der Waals surface area contributed by atoms with Gasteiger partial charge in [-0.2, -0.15) is 11.3 Å². The molecule has 110 valence electrons. The van der Waals surface area contributed by atoms with Gasteiger partial charge in [0.15, 0.2) is 0 Å². The highest BCUT2D eigenvalue weighted by Gasteiger charge is 2.21. The Hall–Kier alpha value is -1.40. The second-order valence-corrected chi connectivity index (χ2v) is 5.64. The van der Waals surface area contributed by atoms with Crippen LogP contribution in [0, 0.1) is 0 Å². The fraction of sp³-hybridized carbons (Fsp3) is 0.571. The number of ether oxygens (including phenoxy) is 1. The third kappa shape index (κ3) is 4.31. The Bertz CT molecular complexity index is 439. The van der Waals surface area contributed by atoms with Gasteiger partial charge >= 0.3 is 5.97 Å². The molecule has 1 saturated heterocycles. The summed E-state index contributed by atoms with van der Waals surface area (Å²) in [5.74, 6) is 0.0111. The zero-order valence-corrected chi connectivity index (χ0v) is 12.5. The summed E-state index contributed by atoms with van der Waals surface area (Å²) in [6.45, 7) is 3.84. The van der Waals surface area contributed by atoms with E-state index in [9.17, 15) is 9.59 Å². The van der Waals surface area contributed by atoms with Gasteiger partial charge < -0.3 is 9.64 Å². The number of piperazine rings is 1. The van der Waals surface area contributed by atoms with Crippen molar-refractivity contribution in [1.82, 2.24) is 9.80 Å². The Morgan fingerprint density at radius 2 is 2.05 bits per heavy atom. The van der Waals surface area contributed by atoms with Gasteiger partial charge in [-0.25, -0.2) is 0 Å². The van der Waals surface area contributed by atoms with E-state index in [0.717, 1.165) is 31.7 Å². The van der Waals surface area contributed by atoms with Crippen LogP contribution in [0.1, 0.15) is 12.0 Å². The van der Waals surface area contributed by atoms with Crippen molar-refractivity contribution in [3.63, 3.8) is 0 Å². The lowest BCUT2D eigenvalue weighted by molar-refractivity contribution is -0.141. The highest BCUT2D eigenvalue weighted by atomic mass is 32.1. The molecule has 1 aliphatic rings. The minimum atomic E-state index is -0.180. The second kappa shape index (κ2) is 7.40. The number of methoxy groups -OCH3 is 1. The van der Waals surface area contributed by atoms with Gasteiger partial charge in [0.25, 0.3) is 0 Å². The van der Waals surface area contributed by atoms with Gasteiger partial charge in [0.1, 0.15) is 0 Å². The lowest BCUT2D eigenvalue weighted by atomic mass is 10.2. The van der Waals surface area contributed by atoms with Crippen molar-refractivity contribution in [3.05, 3.63) is 22.4 Å². The summed E-state index contributed by atoms with van der Waals surface area (Å²) in [5, 5.41) is 4.01. The summed E-state index contributed by atoms with van der Waals surface area (Å²) in [7, 11) is 1.41. The van der Waals surface area contributed by atoms with E-state index >= 15 is 0 Å². The van der Waals surface area contributed by atoms with Crippen LogP contribution in [-0.2, 0) is 20.7 Å². The number of carbonyl (C=O) groups excluding carboxylic acids is 2. The molecule has 1 amide bonds. The van der Waals surface area contributed by atoms with E-state index in [4.69, 9.17) is 0 Å². The maximum absolute atomic E-state index is 12.1. The zero-order chi connectivity index (χ0) is 14.4. The maximum Gasteiger partial charge on any atom is 0.306 e. The molecule has 2 heterocycles. The highest BCUT2D eigenvalue weighted by Crippen LogP contribution is 2.10. The topological polar surface area (TPSA) is 49.9 Å². The van der Waals surface area contributed by atoms with Crippen LogP contribution in [0.4, 0.5) is 0 Å². The Kier molecular flexibility index (Phi) is 5.55. The van der Waals surface area contributed by atoms with Gasteiger partial charge in [-0.3, -0.25) is 14.5 Å². The number of esters is 1. The Labute approximate surface area is 123 Å². The van der Waals surface area contributed by atoms with Crippen LogP contribution >= 0.6 is 11.3 Å². The first-order valence-electron chi connectivity index (χ1n) is 6.77. The molecule has 6 heteroatoms. The SMILES string of the molecule is COC(=O)CCN1CCN(C(=O)Cc2ccsc2)CC1. The molecular weight excluding hydrogens is 276 g/mol. The fourth-order valence-corrected chi connectivity index (χ4v) is 2.92. The lowest BCUT2D eigenvalue weighted by Crippen LogP contribution is -2.49. The minimum Gasteiger partial charge on any atom is -0.469 e. The predicted molar refractivity (Wildman–Crippen MR) is 77.7 cm³/mol. The van der Waals surface area contributed by atoms with E-state index in [0.29, 0.717) is 19.4 Å². The molecule has 0 saturated carbocycles. The molecular formula is C14H20N2O3S. The van der Waals surface area contributed by atoms with Gasteiger partial charge in [-0.15, -0.1) is 0 Å². The summed E-state index contributed by atoms with van der Waals surface area (Å²) in [4.78, 5) is 27.3. The molecule has 0 N–H and O–H groups in total. The smallest absolute Gasteiger partial charge is 0.306 e. The molecule has 0 unspecified atom stereocenters. The van der Waals surface area contributed by atoms with Gasteiger partial charge in [0, 0.05) is 32.7 Å². The molecule has 1 fully saturated rings. The normalized spacial score (nSPS) is 16.1. The van der Waals surface area contributed by atoms with Gasteiger partial charge in [0.05, 0.1) is 20.0 Å². The molecule has 0 spiro atoms. The molecule has 0 atom stereocenters. The fourth-order valence-electron chi connectivity index (χ4n) is 2.25. The van der Waals surface area contributed by atoms with E-state index < -0.39 is 0 Å². The third-order valence-corrected chi connectivity index (χ3v) is 4.25. The average molecular weight is 296 g/mol. The van der Waals surface area contributed by atoms with Crippen LogP contribution in [0.3, 0.4) is 0 Å². The van der Waals surface area contributed by atoms with Crippen LogP contribution in [0.25, 0.3) is 0 Å². The molecule has 0 radical (unpaired) electrons. The van der Waals surface area contributed by atoms with Crippen molar-refractivity contribution in [2.75, 3.05) is 39.8 Å². The number of thiophene rings is 1. The summed E-state index contributed by atoms with van der Waals surface area (Å²) < 4.78 is 4.63. The first-order chi connectivity index (χ1) is 9.69. The Balaban J connectivity index is 1.71. The number of amides is 1. The maximum atomic E-state index is 12.1. The first-order valence-corrected chi connectivity index (χ1v) is 7.71. The molecule has 0 bridgehead atoms. The van der Waals surface area contributed by atoms with E-state index in [2.05, 4.69) is 9.64 Å². The number of hydrogen-bond acceptors (Lipinski definition) is 5. The quantitative estimate of drug-likeness (QED) is 0.761. The average Bonchev–Trinajstić information content (AvgIpc) is 2.98. The van der Waals surface area contributed by atoms with Crippen molar-refractivity contribution in [2.24, 2.45) is 0 Å². The molecule has 20 heavy (non-hydrogen) atoms. The van der Waals surface area contributed by atoms with Crippen LogP contribution in [0.2, 0.25) is 0 Å². The lowest BCUT2D eigenvalue weighted by Gasteiger charge is -2.34. The summed E-state index contributed by atoms with van der Waals surface area (Å²) >= 11 is 1.62. The summed E-state index contributed by atoms with van der Waals surface area (Å²) in [5.41, 5.74) is 1.09. The number of rotatable bonds is 5. The molecule has 1 aromatic heterocycles. The van der Waals surface area contributed by atoms with Crippen LogP contribution in [-0.4, -0.2) is 61.5 Å². The highest BCUT2D eigenvalue weighted by molar-refractivity contribution is 7.07. The molecule has 5 nitrogen and oxygen atoms in total. The van der Waals surface area contributed by atoms with Crippen LogP contribution in [0.5, 0.6) is 0 Å². The van der Waals surface area contributed by atoms with Crippen molar-refractivity contribution < 1.29 is 14.3 Å². The first kappa shape index (κ1) is 15.0. The van der Waals surface area contributed by atoms with Crippen molar-refractivity contribution in [1.29, 1.82) is 0 Å². The number of carbonyl (C=O) groups is 2. The van der Waals surface area contributed by atoms with Crippen LogP contribution < -0.4 is 0 Å². The van der Waals surface area contributed by atoms with Gasteiger partial charge in [0.2, 0.25) is 5.91 Å².